The van der Waals surface area contributed by atoms with Gasteiger partial charge in [-0.2, -0.15) is 0 Å². The monoisotopic (exact) mass is 382 g/mol. The number of aromatic nitrogens is 1. The van der Waals surface area contributed by atoms with Crippen molar-refractivity contribution in [2.75, 3.05) is 31.1 Å². The number of imide groups is 1. The highest BCUT2D eigenvalue weighted by Crippen LogP contribution is 2.26. The number of rotatable bonds is 3. The second kappa shape index (κ2) is 7.47. The molecule has 2 aliphatic rings. The number of carbonyl (C=O) groups excluding carboxylic acids is 3. The second-order valence-electron chi connectivity index (χ2n) is 6.83. The highest BCUT2D eigenvalue weighted by Gasteiger charge is 2.43. The molecule has 0 N–H and O–H groups in total. The Labute approximate surface area is 161 Å². The van der Waals surface area contributed by atoms with Crippen LogP contribution >= 0.6 is 0 Å². The molecule has 144 valence electrons. The number of pyridine rings is 1. The minimum atomic E-state index is -0.548. The predicted molar refractivity (Wildman–Crippen MR) is 99.0 cm³/mol. The van der Waals surface area contributed by atoms with Crippen LogP contribution in [-0.4, -0.2) is 64.7 Å². The maximum absolute atomic E-state index is 13.1. The van der Waals surface area contributed by atoms with Crippen molar-refractivity contribution in [3.05, 3.63) is 60.2 Å². The van der Waals surface area contributed by atoms with Crippen LogP contribution < -0.4 is 4.90 Å². The van der Waals surface area contributed by atoms with Gasteiger partial charge >= 0.3 is 0 Å². The average Bonchev–Trinajstić information content (AvgIpc) is 3.03. The van der Waals surface area contributed by atoms with Gasteiger partial charge in [-0.3, -0.25) is 24.3 Å². The van der Waals surface area contributed by atoms with Crippen molar-refractivity contribution in [2.45, 2.75) is 12.5 Å². The minimum absolute atomic E-state index is 0.0884. The molecule has 2 fully saturated rings. The number of anilines is 1. The van der Waals surface area contributed by atoms with Gasteiger partial charge in [-0.05, 0) is 36.4 Å². The molecular formula is C20H19FN4O3. The van der Waals surface area contributed by atoms with Crippen LogP contribution in [-0.2, 0) is 9.59 Å². The number of carbonyl (C=O) groups is 3. The second-order valence-corrected chi connectivity index (χ2v) is 6.83. The first kappa shape index (κ1) is 18.2. The zero-order valence-corrected chi connectivity index (χ0v) is 15.1. The molecule has 3 heterocycles. The highest BCUT2D eigenvalue weighted by atomic mass is 19.1. The zero-order valence-electron chi connectivity index (χ0n) is 15.1. The molecule has 1 atom stereocenters. The molecule has 0 unspecified atom stereocenters. The van der Waals surface area contributed by atoms with Crippen molar-refractivity contribution in [3.8, 4) is 0 Å². The topological polar surface area (TPSA) is 73.8 Å². The van der Waals surface area contributed by atoms with Crippen LogP contribution in [0.3, 0.4) is 0 Å². The molecule has 4 rings (SSSR count). The van der Waals surface area contributed by atoms with Gasteiger partial charge in [0.1, 0.15) is 5.82 Å². The fraction of sp³-hybridized carbons (Fsp3) is 0.300. The Bertz CT molecular complexity index is 895. The standard InChI is InChI=1S/C20H19FN4O3/c21-15-3-5-16(6-4-15)25-18(26)12-17(20(25)28)23-8-10-24(11-9-23)19(27)14-2-1-7-22-13-14/h1-7,13,17H,8-12H2/t17-/m0/s1. The normalized spacial score (nSPS) is 20.7. The first-order valence-corrected chi connectivity index (χ1v) is 9.10. The van der Waals surface area contributed by atoms with Gasteiger partial charge in [-0.15, -0.1) is 0 Å². The summed E-state index contributed by atoms with van der Waals surface area (Å²) in [4.78, 5) is 46.5. The minimum Gasteiger partial charge on any atom is -0.336 e. The third kappa shape index (κ3) is 3.38. The van der Waals surface area contributed by atoms with E-state index in [2.05, 4.69) is 4.98 Å². The van der Waals surface area contributed by atoms with Gasteiger partial charge in [0.2, 0.25) is 5.91 Å². The van der Waals surface area contributed by atoms with Crippen LogP contribution in [0.5, 0.6) is 0 Å². The van der Waals surface area contributed by atoms with Crippen LogP contribution in [0.15, 0.2) is 48.8 Å². The number of amides is 3. The molecule has 0 aliphatic carbocycles. The maximum Gasteiger partial charge on any atom is 0.255 e. The van der Waals surface area contributed by atoms with E-state index in [1.807, 2.05) is 4.90 Å². The van der Waals surface area contributed by atoms with Crippen molar-refractivity contribution in [1.29, 1.82) is 0 Å². The molecule has 1 aromatic carbocycles. The molecule has 28 heavy (non-hydrogen) atoms. The van der Waals surface area contributed by atoms with Crippen molar-refractivity contribution >= 4 is 23.4 Å². The lowest BCUT2D eigenvalue weighted by molar-refractivity contribution is -0.123. The molecule has 2 aromatic rings. The summed E-state index contributed by atoms with van der Waals surface area (Å²) in [6, 6.07) is 8.21. The van der Waals surface area contributed by atoms with E-state index in [1.54, 1.807) is 23.2 Å². The highest BCUT2D eigenvalue weighted by molar-refractivity contribution is 6.22. The van der Waals surface area contributed by atoms with Crippen molar-refractivity contribution in [1.82, 2.24) is 14.8 Å². The Morgan fingerprint density at radius 3 is 2.39 bits per heavy atom. The van der Waals surface area contributed by atoms with Crippen LogP contribution in [0.25, 0.3) is 0 Å². The molecular weight excluding hydrogens is 363 g/mol. The van der Waals surface area contributed by atoms with Crippen LogP contribution in [0, 0.1) is 5.82 Å². The third-order valence-corrected chi connectivity index (χ3v) is 5.16. The Morgan fingerprint density at radius 1 is 1.04 bits per heavy atom. The molecule has 0 spiro atoms. The van der Waals surface area contributed by atoms with Gasteiger partial charge in [0.05, 0.1) is 23.7 Å². The summed E-state index contributed by atoms with van der Waals surface area (Å²) in [7, 11) is 0. The van der Waals surface area contributed by atoms with E-state index in [0.29, 0.717) is 37.4 Å². The number of piperazine rings is 1. The average molecular weight is 382 g/mol. The molecule has 2 aliphatic heterocycles. The summed E-state index contributed by atoms with van der Waals surface area (Å²) in [5.74, 6) is -1.11. The molecule has 0 bridgehead atoms. The third-order valence-electron chi connectivity index (χ3n) is 5.16. The van der Waals surface area contributed by atoms with E-state index < -0.39 is 11.9 Å². The quantitative estimate of drug-likeness (QED) is 0.749. The SMILES string of the molecule is O=C(c1cccnc1)N1CCN([C@H]2CC(=O)N(c3ccc(F)cc3)C2=O)CC1. The summed E-state index contributed by atoms with van der Waals surface area (Å²) in [5.41, 5.74) is 0.912. The first-order chi connectivity index (χ1) is 13.5. The predicted octanol–water partition coefficient (Wildman–Crippen LogP) is 1.31. The number of hydrogen-bond donors (Lipinski definition) is 0. The van der Waals surface area contributed by atoms with Crippen molar-refractivity contribution in [3.63, 3.8) is 0 Å². The van der Waals surface area contributed by atoms with Crippen LogP contribution in [0.4, 0.5) is 10.1 Å². The number of nitrogens with zero attached hydrogens (tertiary/aromatic N) is 4. The van der Waals surface area contributed by atoms with Gasteiger partial charge in [-0.25, -0.2) is 9.29 Å². The Balaban J connectivity index is 1.41. The first-order valence-electron chi connectivity index (χ1n) is 9.10. The number of hydrogen-bond acceptors (Lipinski definition) is 5. The van der Waals surface area contributed by atoms with E-state index in [9.17, 15) is 18.8 Å². The van der Waals surface area contributed by atoms with E-state index in [1.165, 1.54) is 30.5 Å². The largest absolute Gasteiger partial charge is 0.336 e. The lowest BCUT2D eigenvalue weighted by atomic mass is 10.1. The van der Waals surface area contributed by atoms with E-state index >= 15 is 0 Å². The Kier molecular flexibility index (Phi) is 4.87. The van der Waals surface area contributed by atoms with Crippen LogP contribution in [0.1, 0.15) is 16.8 Å². The van der Waals surface area contributed by atoms with Gasteiger partial charge in [-0.1, -0.05) is 0 Å². The Morgan fingerprint density at radius 2 is 1.75 bits per heavy atom. The Hall–Kier alpha value is -3.13. The summed E-state index contributed by atoms with van der Waals surface area (Å²) >= 11 is 0. The van der Waals surface area contributed by atoms with Gasteiger partial charge in [0.15, 0.2) is 0 Å². The lowest BCUT2D eigenvalue weighted by Crippen LogP contribution is -2.53. The molecule has 2 saturated heterocycles. The smallest absolute Gasteiger partial charge is 0.255 e. The molecule has 7 nitrogen and oxygen atoms in total. The molecule has 0 saturated carbocycles. The summed E-state index contributed by atoms with van der Waals surface area (Å²) < 4.78 is 13.1. The molecule has 0 radical (unpaired) electrons. The van der Waals surface area contributed by atoms with E-state index in [0.717, 1.165) is 4.90 Å². The van der Waals surface area contributed by atoms with Gasteiger partial charge in [0, 0.05) is 38.6 Å². The number of benzene rings is 1. The van der Waals surface area contributed by atoms with Crippen LogP contribution in [0.2, 0.25) is 0 Å². The number of halogens is 1. The van der Waals surface area contributed by atoms with Crippen molar-refractivity contribution in [2.24, 2.45) is 0 Å². The summed E-state index contributed by atoms with van der Waals surface area (Å²) in [6.07, 6.45) is 3.24. The molecule has 1 aromatic heterocycles. The lowest BCUT2D eigenvalue weighted by Gasteiger charge is -2.37. The molecule has 3 amide bonds. The van der Waals surface area contributed by atoms with Crippen molar-refractivity contribution < 1.29 is 18.8 Å². The van der Waals surface area contributed by atoms with Gasteiger partial charge < -0.3 is 4.90 Å². The van der Waals surface area contributed by atoms with E-state index in [4.69, 9.17) is 0 Å². The fourth-order valence-electron chi connectivity index (χ4n) is 3.67. The van der Waals surface area contributed by atoms with Gasteiger partial charge in [0.25, 0.3) is 11.8 Å². The summed E-state index contributed by atoms with van der Waals surface area (Å²) in [5, 5.41) is 0. The molecule has 8 heteroatoms. The van der Waals surface area contributed by atoms with E-state index in [-0.39, 0.29) is 24.1 Å². The maximum atomic E-state index is 13.1. The fourth-order valence-corrected chi connectivity index (χ4v) is 3.67. The zero-order chi connectivity index (χ0) is 19.7. The summed E-state index contributed by atoms with van der Waals surface area (Å²) in [6.45, 7) is 1.96.